The normalized spacial score (nSPS) is 13.0. The Morgan fingerprint density at radius 3 is 2.15 bits per heavy atom. The molecule has 0 radical (unpaired) electrons. The summed E-state index contributed by atoms with van der Waals surface area (Å²) in [5.41, 5.74) is 10.3. The third-order valence-electron chi connectivity index (χ3n) is 4.87. The highest BCUT2D eigenvalue weighted by Gasteiger charge is 2.16. The van der Waals surface area contributed by atoms with Gasteiger partial charge in [-0.15, -0.1) is 0 Å². The van der Waals surface area contributed by atoms with Gasteiger partial charge in [-0.05, 0) is 25.0 Å². The lowest BCUT2D eigenvalue weighted by molar-refractivity contribution is 0.745. The SMILES string of the molecule is CN1CCCc2c(NN=C(c3ccccc3)c3ccccc3)cccc21. The number of hydrogen-bond acceptors (Lipinski definition) is 3. The lowest BCUT2D eigenvalue weighted by atomic mass is 10.0. The van der Waals surface area contributed by atoms with Crippen LogP contribution in [-0.4, -0.2) is 19.3 Å². The van der Waals surface area contributed by atoms with Crippen molar-refractivity contribution in [1.29, 1.82) is 0 Å². The van der Waals surface area contributed by atoms with E-state index in [-0.39, 0.29) is 0 Å². The Hall–Kier alpha value is -3.07. The molecule has 1 N–H and O–H groups in total. The van der Waals surface area contributed by atoms with Crippen molar-refractivity contribution >= 4 is 17.1 Å². The molecule has 1 aliphatic heterocycles. The van der Waals surface area contributed by atoms with Gasteiger partial charge in [0.15, 0.2) is 0 Å². The molecule has 26 heavy (non-hydrogen) atoms. The Morgan fingerprint density at radius 1 is 0.846 bits per heavy atom. The van der Waals surface area contributed by atoms with E-state index >= 15 is 0 Å². The number of fused-ring (bicyclic) bond motifs is 1. The molecule has 0 fully saturated rings. The molecule has 0 atom stereocenters. The number of anilines is 2. The molecule has 0 aliphatic carbocycles. The van der Waals surface area contributed by atoms with Gasteiger partial charge in [0, 0.05) is 36.0 Å². The molecule has 3 aromatic rings. The Bertz CT molecular complexity index is 860. The van der Waals surface area contributed by atoms with Gasteiger partial charge in [0.1, 0.15) is 0 Å². The molecule has 0 saturated carbocycles. The first-order chi connectivity index (χ1) is 12.8. The van der Waals surface area contributed by atoms with E-state index in [9.17, 15) is 0 Å². The number of nitrogens with zero attached hydrogens (tertiary/aromatic N) is 2. The molecule has 0 aromatic heterocycles. The Kier molecular flexibility index (Phi) is 4.69. The first-order valence-corrected chi connectivity index (χ1v) is 9.10. The second-order valence-electron chi connectivity index (χ2n) is 6.63. The highest BCUT2D eigenvalue weighted by molar-refractivity contribution is 6.13. The number of hydrazone groups is 1. The van der Waals surface area contributed by atoms with Gasteiger partial charge in [0.25, 0.3) is 0 Å². The maximum Gasteiger partial charge on any atom is 0.0977 e. The summed E-state index contributed by atoms with van der Waals surface area (Å²) in [6, 6.07) is 27.1. The van der Waals surface area contributed by atoms with Crippen LogP contribution in [0.25, 0.3) is 0 Å². The van der Waals surface area contributed by atoms with Gasteiger partial charge in [-0.25, -0.2) is 0 Å². The highest BCUT2D eigenvalue weighted by Crippen LogP contribution is 2.32. The van der Waals surface area contributed by atoms with Crippen LogP contribution in [0, 0.1) is 0 Å². The maximum atomic E-state index is 4.82. The van der Waals surface area contributed by atoms with Gasteiger partial charge in [-0.3, -0.25) is 5.43 Å². The standard InChI is InChI=1S/C23H23N3/c1-26-17-9-14-20-21(15-8-16-22(20)26)24-25-23(18-10-4-2-5-11-18)19-12-6-3-7-13-19/h2-8,10-13,15-16,24H,9,14,17H2,1H3. The molecule has 0 spiro atoms. The van der Waals surface area contributed by atoms with Crippen LogP contribution in [0.2, 0.25) is 0 Å². The maximum absolute atomic E-state index is 4.82. The molecule has 0 amide bonds. The van der Waals surface area contributed by atoms with E-state index in [0.29, 0.717) is 0 Å². The Labute approximate surface area is 155 Å². The van der Waals surface area contributed by atoms with Gasteiger partial charge >= 0.3 is 0 Å². The summed E-state index contributed by atoms with van der Waals surface area (Å²) >= 11 is 0. The van der Waals surface area contributed by atoms with Crippen molar-refractivity contribution in [2.75, 3.05) is 23.9 Å². The lowest BCUT2D eigenvalue weighted by Crippen LogP contribution is -2.25. The molecule has 3 aromatic carbocycles. The summed E-state index contributed by atoms with van der Waals surface area (Å²) in [4.78, 5) is 2.32. The number of benzene rings is 3. The third kappa shape index (κ3) is 3.33. The smallest absolute Gasteiger partial charge is 0.0977 e. The first kappa shape index (κ1) is 16.4. The van der Waals surface area contributed by atoms with Gasteiger partial charge in [-0.2, -0.15) is 5.10 Å². The van der Waals surface area contributed by atoms with Crippen LogP contribution in [0.1, 0.15) is 23.1 Å². The van der Waals surface area contributed by atoms with Crippen molar-refractivity contribution in [3.63, 3.8) is 0 Å². The molecule has 1 aliphatic rings. The minimum atomic E-state index is 0.952. The quantitative estimate of drug-likeness (QED) is 0.538. The number of hydrogen-bond donors (Lipinski definition) is 1. The van der Waals surface area contributed by atoms with Crippen LogP contribution in [0.4, 0.5) is 11.4 Å². The minimum absolute atomic E-state index is 0.952. The average molecular weight is 341 g/mol. The summed E-state index contributed by atoms with van der Waals surface area (Å²) in [7, 11) is 2.16. The molecule has 1 heterocycles. The monoisotopic (exact) mass is 341 g/mol. The molecular formula is C23H23N3. The summed E-state index contributed by atoms with van der Waals surface area (Å²) in [6.07, 6.45) is 2.26. The van der Waals surface area contributed by atoms with Crippen LogP contribution in [0.3, 0.4) is 0 Å². The molecule has 0 unspecified atom stereocenters. The van der Waals surface area contributed by atoms with E-state index in [1.807, 2.05) is 36.4 Å². The molecule has 0 saturated heterocycles. The lowest BCUT2D eigenvalue weighted by Gasteiger charge is -2.28. The molecule has 0 bridgehead atoms. The summed E-state index contributed by atoms with van der Waals surface area (Å²) in [6.45, 7) is 1.11. The van der Waals surface area contributed by atoms with Crippen molar-refractivity contribution in [3.05, 3.63) is 95.6 Å². The predicted octanol–water partition coefficient (Wildman–Crippen LogP) is 4.93. The van der Waals surface area contributed by atoms with Crippen molar-refractivity contribution in [3.8, 4) is 0 Å². The average Bonchev–Trinajstić information content (AvgIpc) is 2.70. The largest absolute Gasteiger partial charge is 0.374 e. The zero-order chi connectivity index (χ0) is 17.8. The predicted molar refractivity (Wildman–Crippen MR) is 110 cm³/mol. The fourth-order valence-electron chi connectivity index (χ4n) is 3.52. The van der Waals surface area contributed by atoms with Crippen molar-refractivity contribution in [2.24, 2.45) is 5.10 Å². The van der Waals surface area contributed by atoms with E-state index in [1.54, 1.807) is 0 Å². The fraction of sp³-hybridized carbons (Fsp3) is 0.174. The topological polar surface area (TPSA) is 27.6 Å². The van der Waals surface area contributed by atoms with Gasteiger partial charge < -0.3 is 4.90 Å². The summed E-state index contributed by atoms with van der Waals surface area (Å²) < 4.78 is 0. The molecule has 4 rings (SSSR count). The highest BCUT2D eigenvalue weighted by atomic mass is 15.3. The number of rotatable bonds is 4. The second-order valence-corrected chi connectivity index (χ2v) is 6.63. The molecule has 3 nitrogen and oxygen atoms in total. The summed E-state index contributed by atoms with van der Waals surface area (Å²) in [5.74, 6) is 0. The van der Waals surface area contributed by atoms with E-state index in [2.05, 4.69) is 59.8 Å². The van der Waals surface area contributed by atoms with E-state index < -0.39 is 0 Å². The summed E-state index contributed by atoms with van der Waals surface area (Å²) in [5, 5.41) is 4.82. The van der Waals surface area contributed by atoms with Crippen LogP contribution in [0.15, 0.2) is 84.0 Å². The van der Waals surface area contributed by atoms with Crippen molar-refractivity contribution in [1.82, 2.24) is 0 Å². The third-order valence-corrected chi connectivity index (χ3v) is 4.87. The van der Waals surface area contributed by atoms with Gasteiger partial charge in [-0.1, -0.05) is 66.7 Å². The number of nitrogens with one attached hydrogen (secondary N) is 1. The molecule has 130 valence electrons. The first-order valence-electron chi connectivity index (χ1n) is 9.10. The molecular weight excluding hydrogens is 318 g/mol. The van der Waals surface area contributed by atoms with E-state index in [0.717, 1.165) is 35.5 Å². The van der Waals surface area contributed by atoms with Crippen LogP contribution < -0.4 is 10.3 Å². The van der Waals surface area contributed by atoms with Gasteiger partial charge in [0.05, 0.1) is 11.4 Å². The van der Waals surface area contributed by atoms with Crippen LogP contribution in [-0.2, 0) is 6.42 Å². The minimum Gasteiger partial charge on any atom is -0.374 e. The van der Waals surface area contributed by atoms with E-state index in [4.69, 9.17) is 5.10 Å². The molecule has 3 heteroatoms. The van der Waals surface area contributed by atoms with E-state index in [1.165, 1.54) is 17.7 Å². The van der Waals surface area contributed by atoms with Crippen LogP contribution in [0.5, 0.6) is 0 Å². The zero-order valence-electron chi connectivity index (χ0n) is 15.0. The van der Waals surface area contributed by atoms with Gasteiger partial charge in [0.2, 0.25) is 0 Å². The second kappa shape index (κ2) is 7.44. The zero-order valence-corrected chi connectivity index (χ0v) is 15.0. The van der Waals surface area contributed by atoms with Crippen molar-refractivity contribution < 1.29 is 0 Å². The van der Waals surface area contributed by atoms with Crippen molar-refractivity contribution in [2.45, 2.75) is 12.8 Å². The Morgan fingerprint density at radius 2 is 1.50 bits per heavy atom. The Balaban J connectivity index is 1.72. The fourth-order valence-corrected chi connectivity index (χ4v) is 3.52. The van der Waals surface area contributed by atoms with Crippen LogP contribution >= 0.6 is 0 Å².